The molecule has 2 heteroatoms. The zero-order chi connectivity index (χ0) is 7.28. The van der Waals surface area contributed by atoms with E-state index in [0.29, 0.717) is 12.0 Å². The quantitative estimate of drug-likeness (QED) is 0.560. The molecule has 0 saturated carbocycles. The summed E-state index contributed by atoms with van der Waals surface area (Å²) in [6.07, 6.45) is 1.60. The van der Waals surface area contributed by atoms with Crippen LogP contribution in [0.3, 0.4) is 0 Å². The largest absolute Gasteiger partial charge is 0.374 e. The Bertz CT molecular complexity index is 57.9. The highest BCUT2D eigenvalue weighted by molar-refractivity contribution is 6.18. The van der Waals surface area contributed by atoms with Crippen molar-refractivity contribution in [3.8, 4) is 0 Å². The second-order valence-electron chi connectivity index (χ2n) is 2.32. The van der Waals surface area contributed by atoms with E-state index < -0.39 is 0 Å². The van der Waals surface area contributed by atoms with Gasteiger partial charge in [-0.3, -0.25) is 0 Å². The minimum absolute atomic E-state index is 0.196. The number of ether oxygens (including phenoxy) is 1. The Morgan fingerprint density at radius 1 is 1.33 bits per heavy atom. The monoisotopic (exact) mass is 150 g/mol. The van der Waals surface area contributed by atoms with E-state index in [1.807, 2.05) is 6.92 Å². The number of rotatable bonds is 4. The van der Waals surface area contributed by atoms with Crippen LogP contribution < -0.4 is 0 Å². The Morgan fingerprint density at radius 2 is 1.89 bits per heavy atom. The first-order valence-electron chi connectivity index (χ1n) is 3.42. The summed E-state index contributed by atoms with van der Waals surface area (Å²) in [6, 6.07) is 0. The van der Waals surface area contributed by atoms with Gasteiger partial charge in [-0.1, -0.05) is 6.92 Å². The van der Waals surface area contributed by atoms with Crippen LogP contribution in [0.25, 0.3) is 0 Å². The van der Waals surface area contributed by atoms with Crippen LogP contribution in [0.4, 0.5) is 0 Å². The Morgan fingerprint density at radius 3 is 2.22 bits per heavy atom. The van der Waals surface area contributed by atoms with Crippen molar-refractivity contribution in [1.29, 1.82) is 0 Å². The van der Waals surface area contributed by atoms with Gasteiger partial charge in [0.1, 0.15) is 0 Å². The van der Waals surface area contributed by atoms with Crippen LogP contribution in [-0.2, 0) is 4.74 Å². The summed E-state index contributed by atoms with van der Waals surface area (Å²) in [5.74, 6) is 0.588. The van der Waals surface area contributed by atoms with Crippen molar-refractivity contribution in [2.24, 2.45) is 0 Å². The third-order valence-electron chi connectivity index (χ3n) is 1.26. The molecule has 56 valence electrons. The van der Waals surface area contributed by atoms with Crippen LogP contribution in [-0.4, -0.2) is 18.1 Å². The molecular formula is C7H15ClO. The first kappa shape index (κ1) is 9.25. The van der Waals surface area contributed by atoms with Gasteiger partial charge in [-0.15, -0.1) is 11.6 Å². The Kier molecular flexibility index (Phi) is 5.21. The van der Waals surface area contributed by atoms with Crippen molar-refractivity contribution < 1.29 is 4.74 Å². The zero-order valence-corrected chi connectivity index (χ0v) is 7.11. The summed E-state index contributed by atoms with van der Waals surface area (Å²) >= 11 is 5.53. The van der Waals surface area contributed by atoms with Gasteiger partial charge in [0.25, 0.3) is 0 Å². The standard InChI is InChI=1S/C7H15ClO/c1-4-6(2)9-7(3)5-8/h6-7H,4-5H2,1-3H3. The van der Waals surface area contributed by atoms with Crippen LogP contribution in [0.1, 0.15) is 27.2 Å². The predicted octanol–water partition coefficient (Wildman–Crippen LogP) is 2.43. The van der Waals surface area contributed by atoms with E-state index in [9.17, 15) is 0 Å². The van der Waals surface area contributed by atoms with Gasteiger partial charge >= 0.3 is 0 Å². The van der Waals surface area contributed by atoms with E-state index in [-0.39, 0.29) is 6.10 Å². The molecule has 0 radical (unpaired) electrons. The number of hydrogen-bond acceptors (Lipinski definition) is 1. The van der Waals surface area contributed by atoms with Crippen LogP contribution in [0.2, 0.25) is 0 Å². The molecule has 2 unspecified atom stereocenters. The lowest BCUT2D eigenvalue weighted by Gasteiger charge is -2.14. The predicted molar refractivity (Wildman–Crippen MR) is 41.0 cm³/mol. The molecule has 0 N–H and O–H groups in total. The summed E-state index contributed by atoms with van der Waals surface area (Å²) in [5.41, 5.74) is 0. The molecule has 0 aliphatic rings. The normalized spacial score (nSPS) is 17.3. The van der Waals surface area contributed by atoms with E-state index >= 15 is 0 Å². The summed E-state index contributed by atoms with van der Waals surface area (Å²) in [7, 11) is 0. The average molecular weight is 151 g/mol. The fourth-order valence-corrected chi connectivity index (χ4v) is 0.602. The molecule has 0 fully saturated rings. The van der Waals surface area contributed by atoms with Gasteiger partial charge in [-0.25, -0.2) is 0 Å². The molecule has 0 bridgehead atoms. The Hall–Kier alpha value is 0.250. The minimum atomic E-state index is 0.196. The fourth-order valence-electron chi connectivity index (χ4n) is 0.529. The molecule has 0 aromatic heterocycles. The molecule has 2 atom stereocenters. The molecule has 0 aromatic carbocycles. The lowest BCUT2D eigenvalue weighted by Crippen LogP contribution is -2.17. The molecule has 0 aliphatic carbocycles. The van der Waals surface area contributed by atoms with Crippen LogP contribution in [0.15, 0.2) is 0 Å². The van der Waals surface area contributed by atoms with Gasteiger partial charge in [0, 0.05) is 5.88 Å². The second kappa shape index (κ2) is 5.07. The lowest BCUT2D eigenvalue weighted by molar-refractivity contribution is 0.0190. The van der Waals surface area contributed by atoms with E-state index in [4.69, 9.17) is 16.3 Å². The maximum absolute atomic E-state index is 5.53. The Labute approximate surface area is 62.3 Å². The molecule has 0 rings (SSSR count). The molecule has 0 aromatic rings. The molecule has 9 heavy (non-hydrogen) atoms. The molecule has 0 aliphatic heterocycles. The van der Waals surface area contributed by atoms with E-state index in [0.717, 1.165) is 6.42 Å². The summed E-state index contributed by atoms with van der Waals surface area (Å²) in [4.78, 5) is 0. The van der Waals surface area contributed by atoms with Crippen LogP contribution in [0.5, 0.6) is 0 Å². The SMILES string of the molecule is CCC(C)OC(C)CCl. The minimum Gasteiger partial charge on any atom is -0.374 e. The van der Waals surface area contributed by atoms with Crippen molar-refractivity contribution in [2.45, 2.75) is 39.4 Å². The molecule has 0 heterocycles. The topological polar surface area (TPSA) is 9.23 Å². The maximum Gasteiger partial charge on any atom is 0.0685 e. The van der Waals surface area contributed by atoms with E-state index in [1.54, 1.807) is 0 Å². The van der Waals surface area contributed by atoms with Crippen molar-refractivity contribution >= 4 is 11.6 Å². The summed E-state index contributed by atoms with van der Waals surface area (Å²) in [6.45, 7) is 6.15. The van der Waals surface area contributed by atoms with Crippen molar-refractivity contribution in [3.63, 3.8) is 0 Å². The molecule has 1 nitrogen and oxygen atoms in total. The van der Waals surface area contributed by atoms with Crippen molar-refractivity contribution in [2.75, 3.05) is 5.88 Å². The molecule has 0 amide bonds. The zero-order valence-electron chi connectivity index (χ0n) is 6.36. The summed E-state index contributed by atoms with van der Waals surface area (Å²) < 4.78 is 5.42. The third-order valence-corrected chi connectivity index (χ3v) is 1.69. The van der Waals surface area contributed by atoms with Crippen LogP contribution in [0, 0.1) is 0 Å². The fraction of sp³-hybridized carbons (Fsp3) is 1.00. The van der Waals surface area contributed by atoms with Crippen molar-refractivity contribution in [3.05, 3.63) is 0 Å². The first-order valence-corrected chi connectivity index (χ1v) is 3.95. The lowest BCUT2D eigenvalue weighted by atomic mass is 10.3. The second-order valence-corrected chi connectivity index (χ2v) is 2.63. The van der Waals surface area contributed by atoms with Gasteiger partial charge < -0.3 is 4.74 Å². The number of alkyl halides is 1. The Balaban J connectivity index is 3.22. The molecular weight excluding hydrogens is 136 g/mol. The van der Waals surface area contributed by atoms with Gasteiger partial charge in [0.15, 0.2) is 0 Å². The smallest absolute Gasteiger partial charge is 0.0685 e. The maximum atomic E-state index is 5.53. The average Bonchev–Trinajstić information content (AvgIpc) is 1.87. The highest BCUT2D eigenvalue weighted by Crippen LogP contribution is 2.02. The van der Waals surface area contributed by atoms with Crippen molar-refractivity contribution in [1.82, 2.24) is 0 Å². The van der Waals surface area contributed by atoms with Gasteiger partial charge in [-0.2, -0.15) is 0 Å². The highest BCUT2D eigenvalue weighted by Gasteiger charge is 2.03. The number of halogens is 1. The van der Waals surface area contributed by atoms with Gasteiger partial charge in [-0.05, 0) is 20.3 Å². The molecule has 0 spiro atoms. The van der Waals surface area contributed by atoms with Gasteiger partial charge in [0.05, 0.1) is 12.2 Å². The van der Waals surface area contributed by atoms with E-state index in [1.165, 1.54) is 0 Å². The third kappa shape index (κ3) is 4.73. The first-order chi connectivity index (χ1) is 4.20. The molecule has 0 saturated heterocycles. The van der Waals surface area contributed by atoms with Gasteiger partial charge in [0.2, 0.25) is 0 Å². The van der Waals surface area contributed by atoms with E-state index in [2.05, 4.69) is 13.8 Å². The highest BCUT2D eigenvalue weighted by atomic mass is 35.5. The van der Waals surface area contributed by atoms with Crippen LogP contribution >= 0.6 is 11.6 Å². The summed E-state index contributed by atoms with van der Waals surface area (Å²) in [5, 5.41) is 0. The number of hydrogen-bond donors (Lipinski definition) is 0.